The van der Waals surface area contributed by atoms with Crippen molar-refractivity contribution in [3.05, 3.63) is 107 Å². The molecule has 2 atom stereocenters. The molecule has 200 valence electrons. The van der Waals surface area contributed by atoms with Crippen molar-refractivity contribution in [2.75, 3.05) is 23.9 Å². The molecule has 1 fully saturated rings. The SMILES string of the molecule is COCC(=O)Nc1ccc(N2C(=S)N[C@@H](c3ccccn3)[C@H]2c2cc(C)n(-c3ccc(C)cc3)c2C)cc1C. The van der Waals surface area contributed by atoms with E-state index in [0.29, 0.717) is 5.11 Å². The van der Waals surface area contributed by atoms with E-state index in [1.54, 1.807) is 0 Å². The third-order valence-electron chi connectivity index (χ3n) is 7.22. The summed E-state index contributed by atoms with van der Waals surface area (Å²) in [6, 6.07) is 22.5. The summed E-state index contributed by atoms with van der Waals surface area (Å²) in [7, 11) is 1.50. The summed E-state index contributed by atoms with van der Waals surface area (Å²) in [5.41, 5.74) is 9.38. The van der Waals surface area contributed by atoms with Crippen LogP contribution >= 0.6 is 12.2 Å². The van der Waals surface area contributed by atoms with Gasteiger partial charge in [0.25, 0.3) is 0 Å². The van der Waals surface area contributed by atoms with Crippen molar-refractivity contribution in [2.45, 2.75) is 39.8 Å². The fourth-order valence-electron chi connectivity index (χ4n) is 5.38. The minimum Gasteiger partial charge on any atom is -0.375 e. The number of aryl methyl sites for hydroxylation is 3. The standard InChI is InChI=1S/C31H33N5O2S/c1-19-9-11-23(12-10-19)35-21(3)17-25(22(35)4)30-29(27-8-6-7-15-32-27)34-31(39)36(30)24-13-14-26(20(2)16-24)33-28(37)18-38-5/h6-17,29-30H,18H2,1-5H3,(H,33,37)(H,34,39)/t29-,30+/m0/s1. The van der Waals surface area contributed by atoms with Crippen LogP contribution in [0, 0.1) is 27.7 Å². The van der Waals surface area contributed by atoms with Gasteiger partial charge in [-0.05, 0) is 99.6 Å². The second-order valence-corrected chi connectivity index (χ2v) is 10.4. The number of hydrogen-bond donors (Lipinski definition) is 2. The molecule has 0 spiro atoms. The Morgan fingerprint density at radius 2 is 1.77 bits per heavy atom. The molecular weight excluding hydrogens is 506 g/mol. The van der Waals surface area contributed by atoms with Gasteiger partial charge in [0.15, 0.2) is 5.11 Å². The largest absolute Gasteiger partial charge is 0.375 e. The average Bonchev–Trinajstić information content (AvgIpc) is 3.41. The lowest BCUT2D eigenvalue weighted by Gasteiger charge is -2.29. The van der Waals surface area contributed by atoms with Gasteiger partial charge >= 0.3 is 0 Å². The molecule has 2 aromatic heterocycles. The topological polar surface area (TPSA) is 71.4 Å². The quantitative estimate of drug-likeness (QED) is 0.286. The number of aromatic nitrogens is 2. The van der Waals surface area contributed by atoms with Gasteiger partial charge in [-0.25, -0.2) is 0 Å². The maximum Gasteiger partial charge on any atom is 0.250 e. The maximum absolute atomic E-state index is 12.1. The molecule has 4 aromatic rings. The Morgan fingerprint density at radius 3 is 2.44 bits per heavy atom. The summed E-state index contributed by atoms with van der Waals surface area (Å²) in [5.74, 6) is -0.191. The molecule has 5 rings (SSSR count). The van der Waals surface area contributed by atoms with Gasteiger partial charge in [-0.15, -0.1) is 0 Å². The van der Waals surface area contributed by atoms with Crippen LogP contribution in [0.3, 0.4) is 0 Å². The van der Waals surface area contributed by atoms with Crippen molar-refractivity contribution < 1.29 is 9.53 Å². The number of pyridine rings is 1. The van der Waals surface area contributed by atoms with Gasteiger partial charge in [-0.3, -0.25) is 9.78 Å². The summed E-state index contributed by atoms with van der Waals surface area (Å²) in [6.45, 7) is 8.38. The van der Waals surface area contributed by atoms with E-state index in [2.05, 4.69) is 77.3 Å². The Balaban J connectivity index is 1.60. The number of rotatable bonds is 7. The highest BCUT2D eigenvalue weighted by atomic mass is 32.1. The molecule has 1 aliphatic rings. The zero-order chi connectivity index (χ0) is 27.7. The van der Waals surface area contributed by atoms with Gasteiger partial charge in [0.1, 0.15) is 6.61 Å². The zero-order valence-electron chi connectivity index (χ0n) is 22.9. The Morgan fingerprint density at radius 1 is 1.03 bits per heavy atom. The molecule has 0 unspecified atom stereocenters. The van der Waals surface area contributed by atoms with Crippen LogP contribution in [0.2, 0.25) is 0 Å². The highest BCUT2D eigenvalue weighted by Gasteiger charge is 2.42. The highest BCUT2D eigenvalue weighted by Crippen LogP contribution is 2.44. The van der Waals surface area contributed by atoms with Gasteiger partial charge in [0.2, 0.25) is 5.91 Å². The number of benzene rings is 2. The van der Waals surface area contributed by atoms with E-state index in [1.807, 2.05) is 43.5 Å². The normalized spacial score (nSPS) is 16.8. The van der Waals surface area contributed by atoms with Gasteiger partial charge in [0, 0.05) is 41.8 Å². The van der Waals surface area contributed by atoms with E-state index in [9.17, 15) is 4.79 Å². The van der Waals surface area contributed by atoms with Crippen molar-refractivity contribution in [3.63, 3.8) is 0 Å². The van der Waals surface area contributed by atoms with Crippen molar-refractivity contribution in [1.29, 1.82) is 0 Å². The number of methoxy groups -OCH3 is 1. The van der Waals surface area contributed by atoms with E-state index >= 15 is 0 Å². The number of anilines is 2. The first kappa shape index (κ1) is 26.6. The van der Waals surface area contributed by atoms with Crippen molar-refractivity contribution in [2.24, 2.45) is 0 Å². The molecule has 0 aliphatic carbocycles. The van der Waals surface area contributed by atoms with E-state index in [-0.39, 0.29) is 24.6 Å². The minimum absolute atomic E-state index is 0.00571. The van der Waals surface area contributed by atoms with Gasteiger partial charge < -0.3 is 24.8 Å². The highest BCUT2D eigenvalue weighted by molar-refractivity contribution is 7.80. The summed E-state index contributed by atoms with van der Waals surface area (Å²) >= 11 is 5.94. The smallest absolute Gasteiger partial charge is 0.250 e. The lowest BCUT2D eigenvalue weighted by Crippen LogP contribution is -2.29. The monoisotopic (exact) mass is 539 g/mol. The third-order valence-corrected chi connectivity index (χ3v) is 7.53. The van der Waals surface area contributed by atoms with Crippen LogP contribution in [0.15, 0.2) is 72.9 Å². The first-order chi connectivity index (χ1) is 18.8. The molecule has 1 aliphatic heterocycles. The molecule has 8 heteroatoms. The fourth-order valence-corrected chi connectivity index (χ4v) is 5.73. The molecule has 3 heterocycles. The van der Waals surface area contributed by atoms with Crippen LogP contribution in [0.25, 0.3) is 5.69 Å². The number of nitrogens with zero attached hydrogens (tertiary/aromatic N) is 3. The molecule has 2 N–H and O–H groups in total. The Kier molecular flexibility index (Phi) is 7.50. The molecule has 1 saturated heterocycles. The zero-order valence-corrected chi connectivity index (χ0v) is 23.7. The minimum atomic E-state index is -0.191. The summed E-state index contributed by atoms with van der Waals surface area (Å²) < 4.78 is 7.25. The van der Waals surface area contributed by atoms with Gasteiger partial charge in [0.05, 0.1) is 17.8 Å². The molecule has 7 nitrogen and oxygen atoms in total. The molecule has 0 saturated carbocycles. The first-order valence-electron chi connectivity index (χ1n) is 12.9. The maximum atomic E-state index is 12.1. The van der Waals surface area contributed by atoms with E-state index in [1.165, 1.54) is 18.2 Å². The van der Waals surface area contributed by atoms with Crippen LogP contribution in [0.5, 0.6) is 0 Å². The summed E-state index contributed by atoms with van der Waals surface area (Å²) in [6.07, 6.45) is 1.82. The van der Waals surface area contributed by atoms with Crippen molar-refractivity contribution in [3.8, 4) is 5.69 Å². The van der Waals surface area contributed by atoms with Crippen LogP contribution in [0.4, 0.5) is 11.4 Å². The average molecular weight is 540 g/mol. The van der Waals surface area contributed by atoms with Crippen LogP contribution in [0.1, 0.15) is 45.9 Å². The van der Waals surface area contributed by atoms with Gasteiger partial charge in [-0.2, -0.15) is 0 Å². The van der Waals surface area contributed by atoms with Gasteiger partial charge in [-0.1, -0.05) is 23.8 Å². The number of carbonyl (C=O) groups is 1. The number of hydrogen-bond acceptors (Lipinski definition) is 4. The molecule has 2 aromatic carbocycles. The van der Waals surface area contributed by atoms with E-state index < -0.39 is 0 Å². The van der Waals surface area contributed by atoms with E-state index in [4.69, 9.17) is 21.9 Å². The lowest BCUT2D eigenvalue weighted by molar-refractivity contribution is -0.119. The number of amides is 1. The molecule has 1 amide bonds. The fraction of sp³-hybridized carbons (Fsp3) is 0.258. The molecule has 0 bridgehead atoms. The van der Waals surface area contributed by atoms with E-state index in [0.717, 1.165) is 39.7 Å². The predicted octanol–water partition coefficient (Wildman–Crippen LogP) is 5.87. The Labute approximate surface area is 234 Å². The van der Waals surface area contributed by atoms with Crippen LogP contribution in [-0.2, 0) is 9.53 Å². The number of carbonyl (C=O) groups excluding carboxylic acids is 1. The molecule has 0 radical (unpaired) electrons. The molecular formula is C31H33N5O2S. The second-order valence-electron chi connectivity index (χ2n) is 9.97. The predicted molar refractivity (Wildman–Crippen MR) is 160 cm³/mol. The Bertz CT molecular complexity index is 1510. The van der Waals surface area contributed by atoms with Crippen molar-refractivity contribution in [1.82, 2.24) is 14.9 Å². The summed E-state index contributed by atoms with van der Waals surface area (Å²) in [5, 5.41) is 7.10. The lowest BCUT2D eigenvalue weighted by atomic mass is 9.96. The number of ether oxygens (including phenoxy) is 1. The first-order valence-corrected chi connectivity index (χ1v) is 13.3. The second kappa shape index (κ2) is 11.0. The van der Waals surface area contributed by atoms with Crippen LogP contribution < -0.4 is 15.5 Å². The van der Waals surface area contributed by atoms with Crippen LogP contribution in [-0.4, -0.2) is 34.3 Å². The Hall–Kier alpha value is -4.01. The third kappa shape index (κ3) is 5.17. The van der Waals surface area contributed by atoms with Crippen molar-refractivity contribution >= 4 is 34.6 Å². The summed E-state index contributed by atoms with van der Waals surface area (Å²) in [4.78, 5) is 19.0. The molecule has 39 heavy (non-hydrogen) atoms. The number of thiocarbonyl (C=S) groups is 1. The number of nitrogens with one attached hydrogen (secondary N) is 2.